The molecule has 0 spiro atoms. The van der Waals surface area contributed by atoms with Gasteiger partial charge in [0, 0.05) is 12.7 Å². The lowest BCUT2D eigenvalue weighted by Crippen LogP contribution is -2.20. The van der Waals surface area contributed by atoms with Gasteiger partial charge in [0.15, 0.2) is 0 Å². The highest BCUT2D eigenvalue weighted by molar-refractivity contribution is 5.54. The second-order valence-electron chi connectivity index (χ2n) is 5.78. The maximum absolute atomic E-state index is 4.57. The minimum atomic E-state index is 0.559. The van der Waals surface area contributed by atoms with E-state index in [0.717, 1.165) is 12.2 Å². The molecule has 1 aromatic rings. The quantitative estimate of drug-likeness (QED) is 0.853. The van der Waals surface area contributed by atoms with E-state index >= 15 is 0 Å². The van der Waals surface area contributed by atoms with Crippen LogP contribution in [-0.4, -0.2) is 11.5 Å². The Hall–Kier alpha value is -1.31. The summed E-state index contributed by atoms with van der Waals surface area (Å²) in [7, 11) is 0. The van der Waals surface area contributed by atoms with Crippen molar-refractivity contribution in [3.05, 3.63) is 35.3 Å². The highest BCUT2D eigenvalue weighted by atomic mass is 14.8. The average molecular weight is 244 g/mol. The minimum Gasteiger partial charge on any atom is -0.391 e. The smallest absolute Gasteiger partial charge is 0.0681 e. The van der Waals surface area contributed by atoms with Gasteiger partial charge >= 0.3 is 0 Å². The van der Waals surface area contributed by atoms with Gasteiger partial charge in [-0.2, -0.15) is 0 Å². The summed E-state index contributed by atoms with van der Waals surface area (Å²) in [6.45, 7) is 10.2. The minimum absolute atomic E-state index is 0.559. The molecule has 1 aromatic heterocycles. The van der Waals surface area contributed by atoms with E-state index < -0.39 is 0 Å². The van der Waals surface area contributed by atoms with Crippen LogP contribution >= 0.6 is 0 Å². The molecule has 0 amide bonds. The number of pyridine rings is 1. The van der Waals surface area contributed by atoms with Crippen LogP contribution in [0.2, 0.25) is 0 Å². The molecule has 2 heterocycles. The van der Waals surface area contributed by atoms with Crippen LogP contribution in [0, 0.1) is 5.92 Å². The van der Waals surface area contributed by atoms with E-state index in [0.29, 0.717) is 17.8 Å². The van der Waals surface area contributed by atoms with E-state index in [-0.39, 0.29) is 0 Å². The maximum Gasteiger partial charge on any atom is 0.0681 e. The van der Waals surface area contributed by atoms with Crippen molar-refractivity contribution in [3.8, 4) is 0 Å². The highest BCUT2D eigenvalue weighted by Gasteiger charge is 2.23. The average Bonchev–Trinajstić information content (AvgIpc) is 2.28. The van der Waals surface area contributed by atoms with Crippen molar-refractivity contribution in [3.63, 3.8) is 0 Å². The topological polar surface area (TPSA) is 24.9 Å². The number of rotatable bonds is 2. The van der Waals surface area contributed by atoms with Crippen molar-refractivity contribution < 1.29 is 0 Å². The van der Waals surface area contributed by atoms with Crippen molar-refractivity contribution in [2.75, 3.05) is 6.54 Å². The molecule has 0 saturated carbocycles. The maximum atomic E-state index is 4.57. The standard InChI is InChI=1S/C16H24N2/c1-11(2)13-5-8-17-9-7-15-16(13)14(12(3)4)6-10-18-15/h6-7,9-13,17H,5,8H2,1-4H3/b9-7-. The Morgan fingerprint density at radius 2 is 2.06 bits per heavy atom. The van der Waals surface area contributed by atoms with Gasteiger partial charge in [-0.1, -0.05) is 27.7 Å². The zero-order valence-corrected chi connectivity index (χ0v) is 11.9. The summed E-state index contributed by atoms with van der Waals surface area (Å²) in [5, 5.41) is 3.34. The summed E-state index contributed by atoms with van der Waals surface area (Å²) in [6, 6.07) is 2.20. The van der Waals surface area contributed by atoms with E-state index in [9.17, 15) is 0 Å². The number of aromatic nitrogens is 1. The first kappa shape index (κ1) is 13.1. The van der Waals surface area contributed by atoms with Crippen molar-refractivity contribution in [1.29, 1.82) is 0 Å². The molecule has 1 atom stereocenters. The van der Waals surface area contributed by atoms with Crippen molar-refractivity contribution in [2.24, 2.45) is 5.92 Å². The van der Waals surface area contributed by atoms with Gasteiger partial charge in [0.1, 0.15) is 0 Å². The Morgan fingerprint density at radius 3 is 2.72 bits per heavy atom. The van der Waals surface area contributed by atoms with E-state index in [1.807, 2.05) is 12.4 Å². The Balaban J connectivity index is 2.58. The fourth-order valence-corrected chi connectivity index (χ4v) is 2.82. The monoisotopic (exact) mass is 244 g/mol. The summed E-state index contributed by atoms with van der Waals surface area (Å²) in [4.78, 5) is 4.57. The molecule has 1 aliphatic heterocycles. The van der Waals surface area contributed by atoms with Gasteiger partial charge in [-0.15, -0.1) is 0 Å². The predicted octanol–water partition coefficient (Wildman–Crippen LogP) is 3.91. The van der Waals surface area contributed by atoms with E-state index in [2.05, 4.69) is 50.1 Å². The van der Waals surface area contributed by atoms with Crippen LogP contribution in [0.25, 0.3) is 6.08 Å². The summed E-state index contributed by atoms with van der Waals surface area (Å²) in [5.74, 6) is 1.81. The lowest BCUT2D eigenvalue weighted by molar-refractivity contribution is 0.456. The van der Waals surface area contributed by atoms with E-state index in [1.54, 1.807) is 0 Å². The van der Waals surface area contributed by atoms with Crippen LogP contribution in [0.1, 0.15) is 62.8 Å². The number of nitrogens with zero attached hydrogens (tertiary/aromatic N) is 1. The molecule has 0 aliphatic carbocycles. The fourth-order valence-electron chi connectivity index (χ4n) is 2.82. The van der Waals surface area contributed by atoms with Gasteiger partial charge in [-0.25, -0.2) is 0 Å². The van der Waals surface area contributed by atoms with Crippen LogP contribution in [-0.2, 0) is 0 Å². The molecular formula is C16H24N2. The Kier molecular flexibility index (Phi) is 4.05. The van der Waals surface area contributed by atoms with Crippen LogP contribution in [0.15, 0.2) is 18.5 Å². The van der Waals surface area contributed by atoms with Gasteiger partial charge in [0.05, 0.1) is 5.69 Å². The molecular weight excluding hydrogens is 220 g/mol. The molecule has 0 radical (unpaired) electrons. The highest BCUT2D eigenvalue weighted by Crippen LogP contribution is 2.36. The number of hydrogen-bond donors (Lipinski definition) is 1. The van der Waals surface area contributed by atoms with Crippen LogP contribution in [0.3, 0.4) is 0 Å². The van der Waals surface area contributed by atoms with Gasteiger partial charge in [0.2, 0.25) is 0 Å². The molecule has 0 saturated heterocycles. The molecule has 0 aromatic carbocycles. The van der Waals surface area contributed by atoms with Crippen LogP contribution in [0.5, 0.6) is 0 Å². The molecule has 2 nitrogen and oxygen atoms in total. The van der Waals surface area contributed by atoms with Crippen molar-refractivity contribution >= 4 is 6.08 Å². The van der Waals surface area contributed by atoms with Gasteiger partial charge in [0.25, 0.3) is 0 Å². The van der Waals surface area contributed by atoms with E-state index in [1.165, 1.54) is 17.5 Å². The third kappa shape index (κ3) is 2.58. The van der Waals surface area contributed by atoms with Crippen molar-refractivity contribution in [1.82, 2.24) is 10.3 Å². The second-order valence-corrected chi connectivity index (χ2v) is 5.78. The largest absolute Gasteiger partial charge is 0.391 e. The molecule has 18 heavy (non-hydrogen) atoms. The number of fused-ring (bicyclic) bond motifs is 1. The van der Waals surface area contributed by atoms with Crippen LogP contribution < -0.4 is 5.32 Å². The van der Waals surface area contributed by atoms with Gasteiger partial charge in [-0.05, 0) is 53.6 Å². The number of hydrogen-bond acceptors (Lipinski definition) is 2. The zero-order chi connectivity index (χ0) is 13.1. The van der Waals surface area contributed by atoms with Gasteiger partial charge < -0.3 is 5.32 Å². The third-order valence-electron chi connectivity index (χ3n) is 3.81. The SMILES string of the molecule is CC(C)c1ccnc2c1C(C(C)C)CCN/C=C\2. The summed E-state index contributed by atoms with van der Waals surface area (Å²) in [5.41, 5.74) is 4.08. The molecule has 0 fully saturated rings. The molecule has 1 N–H and O–H groups in total. The fraction of sp³-hybridized carbons (Fsp3) is 0.562. The Labute approximate surface area is 111 Å². The first-order valence-corrected chi connectivity index (χ1v) is 7.00. The first-order valence-electron chi connectivity index (χ1n) is 7.00. The normalized spacial score (nSPS) is 21.1. The Morgan fingerprint density at radius 1 is 1.28 bits per heavy atom. The second kappa shape index (κ2) is 5.55. The van der Waals surface area contributed by atoms with E-state index in [4.69, 9.17) is 0 Å². The lowest BCUT2D eigenvalue weighted by atomic mass is 9.79. The van der Waals surface area contributed by atoms with Crippen molar-refractivity contribution in [2.45, 2.75) is 46.0 Å². The predicted molar refractivity (Wildman–Crippen MR) is 77.6 cm³/mol. The lowest BCUT2D eigenvalue weighted by Gasteiger charge is -2.28. The molecule has 1 unspecified atom stereocenters. The molecule has 1 aliphatic rings. The number of nitrogens with one attached hydrogen (secondary N) is 1. The third-order valence-corrected chi connectivity index (χ3v) is 3.81. The summed E-state index contributed by atoms with van der Waals surface area (Å²) >= 11 is 0. The molecule has 2 rings (SSSR count). The first-order chi connectivity index (χ1) is 8.61. The zero-order valence-electron chi connectivity index (χ0n) is 11.9. The molecule has 2 heteroatoms. The molecule has 98 valence electrons. The molecule has 0 bridgehead atoms. The Bertz CT molecular complexity index is 433. The van der Waals surface area contributed by atoms with Gasteiger partial charge in [-0.3, -0.25) is 4.98 Å². The summed E-state index contributed by atoms with van der Waals surface area (Å²) in [6.07, 6.45) is 7.28. The summed E-state index contributed by atoms with van der Waals surface area (Å²) < 4.78 is 0. The van der Waals surface area contributed by atoms with Crippen LogP contribution in [0.4, 0.5) is 0 Å².